The Morgan fingerprint density at radius 3 is 2.84 bits per heavy atom. The van der Waals surface area contributed by atoms with Crippen LogP contribution >= 0.6 is 34.5 Å². The summed E-state index contributed by atoms with van der Waals surface area (Å²) in [6.07, 6.45) is 1.54. The number of para-hydroxylation sites is 1. The molecule has 2 aromatic heterocycles. The van der Waals surface area contributed by atoms with Crippen molar-refractivity contribution in [2.75, 3.05) is 5.32 Å². The average Bonchev–Trinajstić information content (AvgIpc) is 2.98. The van der Waals surface area contributed by atoms with E-state index < -0.39 is 15.8 Å². The number of nitrogens with one attached hydrogen (secondary N) is 1. The SMILES string of the molecule is [2H]c1cc(C)c(NC(=O)c2cnc([As]c3cc(Cl)nc(C)n3)s2)c(Cl)c1. The van der Waals surface area contributed by atoms with Gasteiger partial charge in [-0.05, 0) is 0 Å². The Morgan fingerprint density at radius 1 is 1.32 bits per heavy atom. The molecular formula is C16H12AsCl2N4OS. The molecule has 0 aliphatic heterocycles. The van der Waals surface area contributed by atoms with Gasteiger partial charge in [-0.2, -0.15) is 0 Å². The van der Waals surface area contributed by atoms with Crippen molar-refractivity contribution in [1.82, 2.24) is 15.0 Å². The van der Waals surface area contributed by atoms with Gasteiger partial charge in [0.1, 0.15) is 0 Å². The van der Waals surface area contributed by atoms with Crippen molar-refractivity contribution < 1.29 is 6.17 Å². The third-order valence-corrected chi connectivity index (χ3v) is 7.05. The number of hydrogen-bond acceptors (Lipinski definition) is 5. The van der Waals surface area contributed by atoms with E-state index >= 15 is 0 Å². The van der Waals surface area contributed by atoms with Gasteiger partial charge in [-0.3, -0.25) is 0 Å². The molecule has 1 radical (unpaired) electrons. The molecule has 3 rings (SSSR count). The molecule has 0 unspecified atom stereocenters. The second kappa shape index (κ2) is 7.83. The van der Waals surface area contributed by atoms with Crippen LogP contribution in [0, 0.1) is 13.8 Å². The molecule has 2 heterocycles. The van der Waals surface area contributed by atoms with Gasteiger partial charge in [0.25, 0.3) is 0 Å². The van der Waals surface area contributed by atoms with Crippen molar-refractivity contribution in [1.29, 1.82) is 0 Å². The van der Waals surface area contributed by atoms with Gasteiger partial charge in [-0.15, -0.1) is 0 Å². The molecule has 1 N–H and O–H groups in total. The van der Waals surface area contributed by atoms with Gasteiger partial charge in [-0.25, -0.2) is 0 Å². The van der Waals surface area contributed by atoms with Gasteiger partial charge >= 0.3 is 167 Å². The number of hydrogen-bond donors (Lipinski definition) is 1. The van der Waals surface area contributed by atoms with Crippen molar-refractivity contribution in [3.8, 4) is 0 Å². The predicted octanol–water partition coefficient (Wildman–Crippen LogP) is 2.76. The number of aromatic nitrogens is 3. The van der Waals surface area contributed by atoms with Crippen LogP contribution < -0.4 is 13.6 Å². The molecule has 0 fully saturated rings. The third-order valence-electron chi connectivity index (χ3n) is 3.10. The number of nitrogens with zero attached hydrogens (tertiary/aromatic N) is 3. The molecule has 0 aliphatic rings. The first kappa shape index (κ1) is 17.0. The molecule has 0 bridgehead atoms. The van der Waals surface area contributed by atoms with Gasteiger partial charge < -0.3 is 0 Å². The molecule has 3 aromatic rings. The molecular weight excluding hydrogens is 442 g/mol. The molecule has 0 saturated carbocycles. The minimum atomic E-state index is -0.482. The van der Waals surface area contributed by atoms with Crippen LogP contribution in [-0.4, -0.2) is 36.6 Å². The maximum absolute atomic E-state index is 12.5. The molecule has 25 heavy (non-hydrogen) atoms. The molecule has 5 nitrogen and oxygen atoms in total. The van der Waals surface area contributed by atoms with Crippen LogP contribution in [0.15, 0.2) is 30.4 Å². The Kier molecular flexibility index (Phi) is 5.32. The van der Waals surface area contributed by atoms with Crippen molar-refractivity contribution in [3.63, 3.8) is 0 Å². The zero-order valence-electron chi connectivity index (χ0n) is 14.2. The number of rotatable bonds is 4. The van der Waals surface area contributed by atoms with Gasteiger partial charge in [0.05, 0.1) is 0 Å². The van der Waals surface area contributed by atoms with Crippen LogP contribution in [0.5, 0.6) is 0 Å². The number of aryl methyl sites for hydroxylation is 2. The fourth-order valence-corrected chi connectivity index (χ4v) is 6.09. The summed E-state index contributed by atoms with van der Waals surface area (Å²) in [5.74, 6) is 0.329. The van der Waals surface area contributed by atoms with E-state index in [2.05, 4.69) is 20.3 Å². The monoisotopic (exact) mass is 454 g/mol. The first-order valence-corrected chi connectivity index (χ1v) is 10.5. The quantitative estimate of drug-likeness (QED) is 0.486. The Bertz CT molecular complexity index is 955. The van der Waals surface area contributed by atoms with E-state index in [4.69, 9.17) is 24.6 Å². The number of benzene rings is 1. The molecule has 127 valence electrons. The van der Waals surface area contributed by atoms with Crippen molar-refractivity contribution in [3.05, 3.63) is 56.9 Å². The average molecular weight is 455 g/mol. The third kappa shape index (κ3) is 4.58. The van der Waals surface area contributed by atoms with Crippen molar-refractivity contribution in [2.45, 2.75) is 13.8 Å². The Morgan fingerprint density at radius 2 is 2.12 bits per heavy atom. The minimum absolute atomic E-state index is 0.283. The number of amides is 1. The fourth-order valence-electron chi connectivity index (χ4n) is 2.00. The summed E-state index contributed by atoms with van der Waals surface area (Å²) < 4.78 is 9.31. The standard InChI is InChI=1S/C16H12AsCl2N4OS/c1-8-4-3-5-10(18)14(8)23-15(24)11-7-20-16(25-11)17-12-6-13(19)22-9(2)21-12/h3-7H,1-2H3,(H,23,24)/i3D. The number of thiazole rings is 1. The van der Waals surface area contributed by atoms with Crippen LogP contribution in [0.25, 0.3) is 0 Å². The molecule has 0 spiro atoms. The van der Waals surface area contributed by atoms with Crippen LogP contribution in [0.1, 0.15) is 22.4 Å². The Hall–Kier alpha value is -1.46. The summed E-state index contributed by atoms with van der Waals surface area (Å²) in [5, 5.41) is 3.54. The van der Waals surface area contributed by atoms with Crippen LogP contribution in [0.2, 0.25) is 10.2 Å². The summed E-state index contributed by atoms with van der Waals surface area (Å²) in [6.45, 7) is 3.58. The molecule has 9 heteroatoms. The predicted molar refractivity (Wildman–Crippen MR) is 103 cm³/mol. The van der Waals surface area contributed by atoms with E-state index in [1.54, 1.807) is 32.2 Å². The molecule has 0 aliphatic carbocycles. The topological polar surface area (TPSA) is 67.8 Å². The molecule has 1 aromatic carbocycles. The van der Waals surface area contributed by atoms with Gasteiger partial charge in [0, 0.05) is 0 Å². The van der Waals surface area contributed by atoms with E-state index in [-0.39, 0.29) is 5.91 Å². The molecule has 1 amide bonds. The van der Waals surface area contributed by atoms with E-state index in [9.17, 15) is 4.79 Å². The fraction of sp³-hybridized carbons (Fsp3) is 0.125. The first-order valence-electron chi connectivity index (χ1n) is 7.58. The van der Waals surface area contributed by atoms with Crippen LogP contribution in [-0.2, 0) is 0 Å². The zero-order chi connectivity index (χ0) is 18.8. The number of halogens is 2. The number of carbonyl (C=O) groups is 1. The van der Waals surface area contributed by atoms with E-state index in [0.717, 1.165) is 13.8 Å². The maximum atomic E-state index is 12.5. The molecule has 0 atom stereocenters. The zero-order valence-corrected chi connectivity index (χ0v) is 17.4. The number of carbonyl (C=O) groups excluding carboxylic acids is 1. The van der Waals surface area contributed by atoms with Crippen molar-refractivity contribution >= 4 is 70.2 Å². The van der Waals surface area contributed by atoms with Gasteiger partial charge in [0.2, 0.25) is 0 Å². The first-order chi connectivity index (χ1) is 12.3. The van der Waals surface area contributed by atoms with Gasteiger partial charge in [0.15, 0.2) is 0 Å². The summed E-state index contributed by atoms with van der Waals surface area (Å²) >= 11 is 12.9. The van der Waals surface area contributed by atoms with Crippen LogP contribution in [0.3, 0.4) is 0 Å². The van der Waals surface area contributed by atoms with E-state index in [1.807, 2.05) is 0 Å². The van der Waals surface area contributed by atoms with Gasteiger partial charge in [-0.1, -0.05) is 0 Å². The summed E-state index contributed by atoms with van der Waals surface area (Å²) in [5.41, 5.74) is 1.24. The van der Waals surface area contributed by atoms with Crippen LogP contribution in [0.4, 0.5) is 5.69 Å². The van der Waals surface area contributed by atoms with Crippen molar-refractivity contribution in [2.24, 2.45) is 0 Å². The van der Waals surface area contributed by atoms with E-state index in [1.165, 1.54) is 17.4 Å². The Labute approximate surface area is 166 Å². The Balaban J connectivity index is 1.76. The summed E-state index contributed by atoms with van der Waals surface area (Å²) in [7, 11) is 0. The van der Waals surface area contributed by atoms with E-state index in [0.29, 0.717) is 32.6 Å². The summed E-state index contributed by atoms with van der Waals surface area (Å²) in [4.78, 5) is 25.7. The molecule has 0 saturated heterocycles. The second-order valence-electron chi connectivity index (χ2n) is 5.03. The second-order valence-corrected chi connectivity index (χ2v) is 9.83. The number of anilines is 1. The normalized spacial score (nSPS) is 11.8. The summed E-state index contributed by atoms with van der Waals surface area (Å²) in [6, 6.07) is 5.16.